The highest BCUT2D eigenvalue weighted by molar-refractivity contribution is 7.09. The standard InChI is InChI=1S/C27H23Cl2N3O2S/c1-17-15-32(27(35-17)31-26(34)23-13-12-22(28)14-24(23)29)16-19-8-10-21(11-9-19)25(33)30-18(2)20-6-4-3-5-7-20/h3-15,18H,16H2,1-2H3,(H,30,33). The highest BCUT2D eigenvalue weighted by Crippen LogP contribution is 2.21. The molecule has 0 aliphatic carbocycles. The van der Waals surface area contributed by atoms with Crippen molar-refractivity contribution in [2.75, 3.05) is 0 Å². The lowest BCUT2D eigenvalue weighted by Gasteiger charge is -2.14. The predicted octanol–water partition coefficient (Wildman–Crippen LogP) is 6.45. The first-order valence-electron chi connectivity index (χ1n) is 11.0. The molecule has 0 aliphatic rings. The summed E-state index contributed by atoms with van der Waals surface area (Å²) in [5.41, 5.74) is 2.91. The Bertz CT molecular complexity index is 1430. The maximum Gasteiger partial charge on any atom is 0.281 e. The second-order valence-electron chi connectivity index (χ2n) is 8.10. The first-order valence-corrected chi connectivity index (χ1v) is 12.5. The van der Waals surface area contributed by atoms with Crippen molar-refractivity contribution < 1.29 is 9.59 Å². The summed E-state index contributed by atoms with van der Waals surface area (Å²) in [4.78, 5) is 31.3. The largest absolute Gasteiger partial charge is 0.346 e. The van der Waals surface area contributed by atoms with Crippen molar-refractivity contribution in [1.82, 2.24) is 9.88 Å². The fourth-order valence-electron chi connectivity index (χ4n) is 3.58. The Morgan fingerprint density at radius 2 is 1.74 bits per heavy atom. The maximum atomic E-state index is 12.7. The van der Waals surface area contributed by atoms with E-state index in [1.165, 1.54) is 17.4 Å². The number of carbonyl (C=O) groups excluding carboxylic acids is 2. The van der Waals surface area contributed by atoms with Crippen LogP contribution in [0.2, 0.25) is 10.0 Å². The van der Waals surface area contributed by atoms with Gasteiger partial charge in [0.2, 0.25) is 0 Å². The van der Waals surface area contributed by atoms with E-state index in [2.05, 4.69) is 10.3 Å². The first kappa shape index (κ1) is 24.9. The molecule has 35 heavy (non-hydrogen) atoms. The molecule has 0 saturated carbocycles. The van der Waals surface area contributed by atoms with E-state index >= 15 is 0 Å². The van der Waals surface area contributed by atoms with Crippen LogP contribution in [-0.2, 0) is 6.54 Å². The molecule has 1 unspecified atom stereocenters. The minimum atomic E-state index is -0.429. The van der Waals surface area contributed by atoms with Crippen molar-refractivity contribution in [3.63, 3.8) is 0 Å². The molecule has 1 heterocycles. The number of rotatable bonds is 6. The van der Waals surface area contributed by atoms with Crippen LogP contribution in [-0.4, -0.2) is 16.4 Å². The van der Waals surface area contributed by atoms with Crippen molar-refractivity contribution in [3.8, 4) is 0 Å². The monoisotopic (exact) mass is 523 g/mol. The van der Waals surface area contributed by atoms with Crippen LogP contribution in [0.4, 0.5) is 0 Å². The van der Waals surface area contributed by atoms with Gasteiger partial charge in [0.05, 0.1) is 16.6 Å². The lowest BCUT2D eigenvalue weighted by Crippen LogP contribution is -2.26. The molecule has 8 heteroatoms. The van der Waals surface area contributed by atoms with Crippen LogP contribution in [0, 0.1) is 6.92 Å². The number of hydrogen-bond donors (Lipinski definition) is 1. The summed E-state index contributed by atoms with van der Waals surface area (Å²) in [6.07, 6.45) is 1.95. The molecular formula is C27H23Cl2N3O2S. The van der Waals surface area contributed by atoms with Gasteiger partial charge in [-0.25, -0.2) is 0 Å². The summed E-state index contributed by atoms with van der Waals surface area (Å²) in [6, 6.07) is 21.9. The van der Waals surface area contributed by atoms with Gasteiger partial charge in [-0.15, -0.1) is 11.3 Å². The predicted molar refractivity (Wildman–Crippen MR) is 141 cm³/mol. The SMILES string of the molecule is Cc1cn(Cc2ccc(C(=O)NC(C)c3ccccc3)cc2)c(=NC(=O)c2ccc(Cl)cc2Cl)s1. The Morgan fingerprint density at radius 3 is 2.43 bits per heavy atom. The van der Waals surface area contributed by atoms with Gasteiger partial charge in [-0.2, -0.15) is 4.99 Å². The minimum absolute atomic E-state index is 0.0939. The number of benzene rings is 3. The first-order chi connectivity index (χ1) is 16.8. The number of hydrogen-bond acceptors (Lipinski definition) is 3. The molecule has 1 atom stereocenters. The fraction of sp³-hybridized carbons (Fsp3) is 0.148. The van der Waals surface area contributed by atoms with Crippen LogP contribution >= 0.6 is 34.5 Å². The topological polar surface area (TPSA) is 63.5 Å². The zero-order chi connectivity index (χ0) is 24.9. The second-order valence-corrected chi connectivity index (χ2v) is 10.2. The van der Waals surface area contributed by atoms with E-state index in [-0.39, 0.29) is 17.0 Å². The van der Waals surface area contributed by atoms with Crippen LogP contribution in [0.5, 0.6) is 0 Å². The zero-order valence-corrected chi connectivity index (χ0v) is 21.5. The van der Waals surface area contributed by atoms with Crippen LogP contribution in [0.25, 0.3) is 0 Å². The van der Waals surface area contributed by atoms with Gasteiger partial charge in [0.15, 0.2) is 4.80 Å². The number of aryl methyl sites for hydroxylation is 1. The van der Waals surface area contributed by atoms with E-state index in [4.69, 9.17) is 23.2 Å². The summed E-state index contributed by atoms with van der Waals surface area (Å²) in [5.74, 6) is -0.560. The molecule has 1 aromatic heterocycles. The maximum absolute atomic E-state index is 12.7. The van der Waals surface area contributed by atoms with Gasteiger partial charge in [0.25, 0.3) is 11.8 Å². The molecule has 0 fully saturated rings. The molecule has 178 valence electrons. The van der Waals surface area contributed by atoms with Gasteiger partial charge in [-0.1, -0.05) is 65.7 Å². The smallest absolute Gasteiger partial charge is 0.281 e. The summed E-state index contributed by atoms with van der Waals surface area (Å²) in [6.45, 7) is 4.43. The average Bonchev–Trinajstić information content (AvgIpc) is 3.18. The molecule has 4 rings (SSSR count). The van der Waals surface area contributed by atoms with E-state index in [9.17, 15) is 9.59 Å². The Balaban J connectivity index is 1.49. The molecule has 4 aromatic rings. The number of halogens is 2. The highest BCUT2D eigenvalue weighted by Gasteiger charge is 2.13. The number of aromatic nitrogens is 1. The number of nitrogens with zero attached hydrogens (tertiary/aromatic N) is 2. The van der Waals surface area contributed by atoms with E-state index in [0.29, 0.717) is 27.5 Å². The molecule has 0 radical (unpaired) electrons. The third-order valence-corrected chi connectivity index (χ3v) is 6.89. The number of thiazole rings is 1. The Morgan fingerprint density at radius 1 is 1.03 bits per heavy atom. The van der Waals surface area contributed by atoms with Crippen molar-refractivity contribution in [2.45, 2.75) is 26.4 Å². The molecule has 0 saturated heterocycles. The molecule has 3 aromatic carbocycles. The summed E-state index contributed by atoms with van der Waals surface area (Å²) >= 11 is 13.5. The second kappa shape index (κ2) is 11.0. The van der Waals surface area contributed by atoms with Gasteiger partial charge >= 0.3 is 0 Å². The van der Waals surface area contributed by atoms with Gasteiger partial charge in [-0.3, -0.25) is 9.59 Å². The van der Waals surface area contributed by atoms with E-state index < -0.39 is 5.91 Å². The summed E-state index contributed by atoms with van der Waals surface area (Å²) in [7, 11) is 0. The molecule has 0 bridgehead atoms. The van der Waals surface area contributed by atoms with Crippen molar-refractivity contribution >= 4 is 46.4 Å². The van der Waals surface area contributed by atoms with Crippen LogP contribution in [0.15, 0.2) is 84.0 Å². The minimum Gasteiger partial charge on any atom is -0.346 e. The average molecular weight is 524 g/mol. The van der Waals surface area contributed by atoms with E-state index in [0.717, 1.165) is 16.0 Å². The summed E-state index contributed by atoms with van der Waals surface area (Å²) in [5, 5.41) is 3.75. The molecule has 5 nitrogen and oxygen atoms in total. The highest BCUT2D eigenvalue weighted by atomic mass is 35.5. The molecule has 0 aliphatic heterocycles. The van der Waals surface area contributed by atoms with Crippen LogP contribution < -0.4 is 10.1 Å². The lowest BCUT2D eigenvalue weighted by atomic mass is 10.1. The fourth-order valence-corrected chi connectivity index (χ4v) is 4.90. The van der Waals surface area contributed by atoms with E-state index in [1.54, 1.807) is 24.3 Å². The van der Waals surface area contributed by atoms with Gasteiger partial charge in [0, 0.05) is 28.2 Å². The molecular weight excluding hydrogens is 501 g/mol. The Labute approximate surface area is 217 Å². The van der Waals surface area contributed by atoms with Crippen molar-refractivity contribution in [1.29, 1.82) is 0 Å². The number of amides is 2. The quantitative estimate of drug-likeness (QED) is 0.315. The third kappa shape index (κ3) is 6.28. The number of carbonyl (C=O) groups is 2. The Kier molecular flexibility index (Phi) is 7.86. The van der Waals surface area contributed by atoms with Crippen molar-refractivity contribution in [3.05, 3.63) is 121 Å². The van der Waals surface area contributed by atoms with Gasteiger partial charge < -0.3 is 9.88 Å². The molecule has 2 amide bonds. The molecule has 1 N–H and O–H groups in total. The molecule has 0 spiro atoms. The van der Waals surface area contributed by atoms with Crippen LogP contribution in [0.3, 0.4) is 0 Å². The van der Waals surface area contributed by atoms with Crippen molar-refractivity contribution in [2.24, 2.45) is 4.99 Å². The van der Waals surface area contributed by atoms with Crippen LogP contribution in [0.1, 0.15) is 49.7 Å². The number of nitrogens with one attached hydrogen (secondary N) is 1. The van der Waals surface area contributed by atoms with Gasteiger partial charge in [-0.05, 0) is 55.3 Å². The normalized spacial score (nSPS) is 12.4. The zero-order valence-electron chi connectivity index (χ0n) is 19.2. The lowest BCUT2D eigenvalue weighted by molar-refractivity contribution is 0.0938. The Hall–Kier alpha value is -3.19. The van der Waals surface area contributed by atoms with Gasteiger partial charge in [0.1, 0.15) is 0 Å². The third-order valence-electron chi connectivity index (χ3n) is 5.41. The van der Waals surface area contributed by atoms with E-state index in [1.807, 2.05) is 67.1 Å². The summed E-state index contributed by atoms with van der Waals surface area (Å²) < 4.78 is 1.91.